The van der Waals surface area contributed by atoms with Crippen LogP contribution in [0.25, 0.3) is 0 Å². The predicted molar refractivity (Wildman–Crippen MR) is 50.3 cm³/mol. The van der Waals surface area contributed by atoms with E-state index in [1.165, 1.54) is 0 Å². The maximum Gasteiger partial charge on any atom is 0.122 e. The van der Waals surface area contributed by atoms with Crippen LogP contribution in [0.4, 0.5) is 0 Å². The molecule has 0 radical (unpaired) electrons. The summed E-state index contributed by atoms with van der Waals surface area (Å²) >= 11 is 0. The lowest BCUT2D eigenvalue weighted by Crippen LogP contribution is -2.20. The number of hydrogen-bond donors (Lipinski definition) is 1. The van der Waals surface area contributed by atoms with Crippen molar-refractivity contribution < 1.29 is 4.74 Å². The molecule has 13 heavy (non-hydrogen) atoms. The first-order valence-corrected chi connectivity index (χ1v) is 4.05. The Balaban J connectivity index is 2.82. The summed E-state index contributed by atoms with van der Waals surface area (Å²) < 4.78 is 5.13. The molecule has 1 aromatic rings. The molecule has 0 aliphatic carbocycles. The van der Waals surface area contributed by atoms with Crippen molar-refractivity contribution >= 4 is 0 Å². The second-order valence-electron chi connectivity index (χ2n) is 2.75. The Morgan fingerprint density at radius 1 is 1.54 bits per heavy atom. The first-order valence-electron chi connectivity index (χ1n) is 4.05. The highest BCUT2D eigenvalue weighted by Crippen LogP contribution is 2.18. The molecule has 1 unspecified atom stereocenters. The van der Waals surface area contributed by atoms with E-state index >= 15 is 0 Å². The van der Waals surface area contributed by atoms with Crippen LogP contribution in [0.3, 0.4) is 0 Å². The lowest BCUT2D eigenvalue weighted by atomic mass is 10.1. The average Bonchev–Trinajstić information content (AvgIpc) is 2.18. The van der Waals surface area contributed by atoms with Gasteiger partial charge in [0.15, 0.2) is 0 Å². The Morgan fingerprint density at radius 2 is 2.23 bits per heavy atom. The summed E-state index contributed by atoms with van der Waals surface area (Å²) in [7, 11) is 1.61. The van der Waals surface area contributed by atoms with Crippen LogP contribution in [0.5, 0.6) is 5.75 Å². The summed E-state index contributed by atoms with van der Waals surface area (Å²) in [5, 5.41) is 8.54. The molecule has 0 bridgehead atoms. The molecule has 0 fully saturated rings. The maximum atomic E-state index is 8.54. The fourth-order valence-electron chi connectivity index (χ4n) is 1.15. The number of methoxy groups -OCH3 is 1. The minimum atomic E-state index is -0.462. The number of rotatable bonds is 3. The number of benzene rings is 1. The Morgan fingerprint density at radius 3 is 2.85 bits per heavy atom. The first-order chi connectivity index (χ1) is 6.27. The second kappa shape index (κ2) is 4.48. The molecule has 0 saturated carbocycles. The van der Waals surface area contributed by atoms with Crippen LogP contribution in [-0.4, -0.2) is 13.2 Å². The van der Waals surface area contributed by atoms with Crippen LogP contribution in [0.15, 0.2) is 24.3 Å². The van der Waals surface area contributed by atoms with E-state index in [0.29, 0.717) is 6.42 Å². The molecule has 0 spiro atoms. The summed E-state index contributed by atoms with van der Waals surface area (Å²) in [5.41, 5.74) is 6.48. The molecule has 0 aliphatic heterocycles. The lowest BCUT2D eigenvalue weighted by Gasteiger charge is -2.08. The molecule has 3 heteroatoms. The van der Waals surface area contributed by atoms with Crippen LogP contribution < -0.4 is 10.5 Å². The van der Waals surface area contributed by atoms with E-state index in [2.05, 4.69) is 0 Å². The number of ether oxygens (including phenoxy) is 1. The third-order valence-corrected chi connectivity index (χ3v) is 1.80. The second-order valence-corrected chi connectivity index (χ2v) is 2.75. The van der Waals surface area contributed by atoms with Crippen molar-refractivity contribution in [3.05, 3.63) is 29.8 Å². The fraction of sp³-hybridized carbons (Fsp3) is 0.300. The molecular weight excluding hydrogens is 164 g/mol. The van der Waals surface area contributed by atoms with Crippen molar-refractivity contribution in [1.82, 2.24) is 0 Å². The highest BCUT2D eigenvalue weighted by atomic mass is 16.5. The van der Waals surface area contributed by atoms with Gasteiger partial charge in [0.2, 0.25) is 0 Å². The van der Waals surface area contributed by atoms with Gasteiger partial charge in [-0.1, -0.05) is 18.2 Å². The van der Waals surface area contributed by atoms with Gasteiger partial charge in [-0.05, 0) is 11.6 Å². The van der Waals surface area contributed by atoms with Crippen LogP contribution in [-0.2, 0) is 6.42 Å². The molecule has 1 atom stereocenters. The van der Waals surface area contributed by atoms with E-state index in [1.54, 1.807) is 7.11 Å². The molecule has 0 aromatic heterocycles. The smallest absolute Gasteiger partial charge is 0.122 e. The van der Waals surface area contributed by atoms with Gasteiger partial charge in [0.05, 0.1) is 19.2 Å². The monoisotopic (exact) mass is 176 g/mol. The zero-order valence-electron chi connectivity index (χ0n) is 7.53. The Labute approximate surface area is 77.7 Å². The van der Waals surface area contributed by atoms with Crippen molar-refractivity contribution in [3.8, 4) is 11.8 Å². The quantitative estimate of drug-likeness (QED) is 0.749. The molecule has 68 valence electrons. The standard InChI is InChI=1S/C10H12N2O/c1-13-10-5-3-2-4-8(10)6-9(12)7-11/h2-5,9H,6,12H2,1H3. The first kappa shape index (κ1) is 9.56. The Bertz CT molecular complexity index is 317. The lowest BCUT2D eigenvalue weighted by molar-refractivity contribution is 0.409. The fourth-order valence-corrected chi connectivity index (χ4v) is 1.15. The van der Waals surface area contributed by atoms with Crippen molar-refractivity contribution in [1.29, 1.82) is 5.26 Å². The highest BCUT2D eigenvalue weighted by Gasteiger charge is 2.06. The molecule has 0 amide bonds. The van der Waals surface area contributed by atoms with E-state index in [9.17, 15) is 0 Å². The van der Waals surface area contributed by atoms with E-state index in [4.69, 9.17) is 15.7 Å². The minimum absolute atomic E-state index is 0.462. The van der Waals surface area contributed by atoms with Gasteiger partial charge in [-0.15, -0.1) is 0 Å². The van der Waals surface area contributed by atoms with Crippen molar-refractivity contribution in [2.24, 2.45) is 5.73 Å². The Kier molecular flexibility index (Phi) is 3.30. The average molecular weight is 176 g/mol. The van der Waals surface area contributed by atoms with E-state index in [1.807, 2.05) is 30.3 Å². The minimum Gasteiger partial charge on any atom is -0.496 e. The molecule has 2 N–H and O–H groups in total. The summed E-state index contributed by atoms with van der Waals surface area (Å²) in [6.07, 6.45) is 0.528. The summed E-state index contributed by atoms with van der Waals surface area (Å²) in [4.78, 5) is 0. The van der Waals surface area contributed by atoms with Crippen molar-refractivity contribution in [3.63, 3.8) is 0 Å². The van der Waals surface area contributed by atoms with Crippen LogP contribution in [0, 0.1) is 11.3 Å². The van der Waals surface area contributed by atoms with Gasteiger partial charge in [0.25, 0.3) is 0 Å². The number of nitriles is 1. The van der Waals surface area contributed by atoms with Gasteiger partial charge in [-0.25, -0.2) is 0 Å². The van der Waals surface area contributed by atoms with Gasteiger partial charge in [0.1, 0.15) is 5.75 Å². The van der Waals surface area contributed by atoms with Gasteiger partial charge in [0, 0.05) is 6.42 Å². The number of nitrogens with two attached hydrogens (primary N) is 1. The van der Waals surface area contributed by atoms with Gasteiger partial charge in [-0.3, -0.25) is 0 Å². The number of nitrogens with zero attached hydrogens (tertiary/aromatic N) is 1. The van der Waals surface area contributed by atoms with Crippen molar-refractivity contribution in [2.75, 3.05) is 7.11 Å². The SMILES string of the molecule is COc1ccccc1CC(N)C#N. The van der Waals surface area contributed by atoms with Gasteiger partial charge in [-0.2, -0.15) is 5.26 Å². The van der Waals surface area contributed by atoms with Crippen LogP contribution >= 0.6 is 0 Å². The summed E-state index contributed by atoms with van der Waals surface area (Å²) in [6.45, 7) is 0. The zero-order chi connectivity index (χ0) is 9.68. The number of para-hydroxylation sites is 1. The predicted octanol–water partition coefficient (Wildman–Crippen LogP) is 1.09. The van der Waals surface area contributed by atoms with E-state index in [-0.39, 0.29) is 0 Å². The highest BCUT2D eigenvalue weighted by molar-refractivity contribution is 5.34. The molecule has 1 aromatic carbocycles. The molecule has 0 heterocycles. The molecule has 0 saturated heterocycles. The summed E-state index contributed by atoms with van der Waals surface area (Å²) in [5.74, 6) is 0.785. The van der Waals surface area contributed by atoms with Crippen LogP contribution in [0.1, 0.15) is 5.56 Å². The van der Waals surface area contributed by atoms with Gasteiger partial charge < -0.3 is 10.5 Å². The zero-order valence-corrected chi connectivity index (χ0v) is 7.53. The molecule has 1 rings (SSSR count). The topological polar surface area (TPSA) is 59.0 Å². The normalized spacial score (nSPS) is 11.8. The molecular formula is C10H12N2O. The maximum absolute atomic E-state index is 8.54. The third kappa shape index (κ3) is 2.46. The third-order valence-electron chi connectivity index (χ3n) is 1.80. The molecule has 0 aliphatic rings. The van der Waals surface area contributed by atoms with E-state index in [0.717, 1.165) is 11.3 Å². The van der Waals surface area contributed by atoms with Crippen molar-refractivity contribution in [2.45, 2.75) is 12.5 Å². The largest absolute Gasteiger partial charge is 0.496 e. The summed E-state index contributed by atoms with van der Waals surface area (Å²) in [6, 6.07) is 9.09. The number of hydrogen-bond acceptors (Lipinski definition) is 3. The Hall–Kier alpha value is -1.53. The van der Waals surface area contributed by atoms with Gasteiger partial charge >= 0.3 is 0 Å². The van der Waals surface area contributed by atoms with E-state index < -0.39 is 6.04 Å². The van der Waals surface area contributed by atoms with Crippen LogP contribution in [0.2, 0.25) is 0 Å². The molecule has 3 nitrogen and oxygen atoms in total.